The lowest BCUT2D eigenvalue weighted by Gasteiger charge is -2.29. The van der Waals surface area contributed by atoms with Crippen LogP contribution in [-0.4, -0.2) is 17.9 Å². The molecule has 2 aliphatic rings. The summed E-state index contributed by atoms with van der Waals surface area (Å²) in [5.41, 5.74) is 4.13. The fourth-order valence-corrected chi connectivity index (χ4v) is 4.89. The van der Waals surface area contributed by atoms with Crippen LogP contribution in [0.5, 0.6) is 0 Å². The van der Waals surface area contributed by atoms with Gasteiger partial charge in [-0.25, -0.2) is 9.96 Å². The first kappa shape index (κ1) is 21.2. The highest BCUT2D eigenvalue weighted by Crippen LogP contribution is 2.48. The molecule has 0 aliphatic carbocycles. The van der Waals surface area contributed by atoms with Gasteiger partial charge in [-0.1, -0.05) is 69.5 Å². The van der Waals surface area contributed by atoms with Crippen molar-refractivity contribution in [3.05, 3.63) is 92.9 Å². The molecule has 0 N–H and O–H groups in total. The summed E-state index contributed by atoms with van der Waals surface area (Å²) in [4.78, 5) is 34.4. The minimum Gasteiger partial charge on any atom is -0.273 e. The number of nitrogens with zero attached hydrogens (tertiary/aromatic N) is 2. The maximum atomic E-state index is 13.6. The first-order chi connectivity index (χ1) is 15.3. The van der Waals surface area contributed by atoms with Crippen LogP contribution in [0.15, 0.2) is 71.2 Å². The van der Waals surface area contributed by atoms with Crippen molar-refractivity contribution in [2.45, 2.75) is 26.0 Å². The van der Waals surface area contributed by atoms with E-state index in [1.54, 1.807) is 23.3 Å². The molecule has 162 valence electrons. The van der Waals surface area contributed by atoms with E-state index in [4.69, 9.17) is 16.4 Å². The van der Waals surface area contributed by atoms with Gasteiger partial charge in [0.25, 0.3) is 5.91 Å². The van der Waals surface area contributed by atoms with Crippen LogP contribution in [0.25, 0.3) is 0 Å². The van der Waals surface area contributed by atoms with Gasteiger partial charge in [0.05, 0.1) is 17.4 Å². The normalized spacial score (nSPS) is 22.6. The molecule has 2 saturated heterocycles. The number of aryl methyl sites for hydroxylation is 2. The molecule has 3 aromatic carbocycles. The lowest BCUT2D eigenvalue weighted by atomic mass is 9.90. The Hall–Kier alpha value is -2.67. The van der Waals surface area contributed by atoms with Gasteiger partial charge in [-0.15, -0.1) is 0 Å². The first-order valence-electron chi connectivity index (χ1n) is 10.3. The molecule has 5 nitrogen and oxygen atoms in total. The molecular formula is C25H20BrClN2O3. The van der Waals surface area contributed by atoms with Crippen LogP contribution in [0.2, 0.25) is 5.02 Å². The van der Waals surface area contributed by atoms with Gasteiger partial charge in [-0.2, -0.15) is 0 Å². The molecule has 7 heteroatoms. The van der Waals surface area contributed by atoms with E-state index >= 15 is 0 Å². The highest BCUT2D eigenvalue weighted by molar-refractivity contribution is 9.10. The van der Waals surface area contributed by atoms with Crippen molar-refractivity contribution in [2.24, 2.45) is 5.92 Å². The van der Waals surface area contributed by atoms with Crippen molar-refractivity contribution in [2.75, 3.05) is 9.96 Å². The number of benzene rings is 3. The number of hydrogen-bond donors (Lipinski definition) is 0. The standard InChI is InChI=1S/C25H20BrClN2O3/c1-14-6-9-16(10-7-14)22-21-23(32-29(22)19-5-3-4-17(26)12-19)25(31)28(24(21)30)18-11-8-15(2)20(27)13-18/h3-13,21-23H,1-2H3/t21-,22-,23-/m0/s1. The molecule has 32 heavy (non-hydrogen) atoms. The van der Waals surface area contributed by atoms with Gasteiger partial charge < -0.3 is 0 Å². The van der Waals surface area contributed by atoms with Crippen molar-refractivity contribution in [1.29, 1.82) is 0 Å². The average molecular weight is 512 g/mol. The zero-order chi connectivity index (χ0) is 22.6. The van der Waals surface area contributed by atoms with Crippen LogP contribution in [0.1, 0.15) is 22.7 Å². The third kappa shape index (κ3) is 3.43. The zero-order valence-electron chi connectivity index (χ0n) is 17.5. The summed E-state index contributed by atoms with van der Waals surface area (Å²) in [6.07, 6.45) is -0.909. The number of hydrogen-bond acceptors (Lipinski definition) is 4. The molecule has 0 saturated carbocycles. The van der Waals surface area contributed by atoms with Gasteiger partial charge in [0.15, 0.2) is 6.10 Å². The number of carbonyl (C=O) groups is 2. The van der Waals surface area contributed by atoms with E-state index < -0.39 is 18.1 Å². The number of halogens is 2. The van der Waals surface area contributed by atoms with E-state index in [0.29, 0.717) is 10.7 Å². The molecule has 0 unspecified atom stereocenters. The van der Waals surface area contributed by atoms with Crippen molar-refractivity contribution in [1.82, 2.24) is 0 Å². The summed E-state index contributed by atoms with van der Waals surface area (Å²) in [6, 6.07) is 20.4. The predicted octanol–water partition coefficient (Wildman–Crippen LogP) is 5.77. The third-order valence-electron chi connectivity index (χ3n) is 6.01. The molecule has 0 spiro atoms. The van der Waals surface area contributed by atoms with Crippen molar-refractivity contribution < 1.29 is 14.4 Å². The van der Waals surface area contributed by atoms with E-state index in [1.807, 2.05) is 62.4 Å². The van der Waals surface area contributed by atoms with Crippen LogP contribution >= 0.6 is 27.5 Å². The maximum Gasteiger partial charge on any atom is 0.266 e. The number of carbonyl (C=O) groups excluding carboxylic acids is 2. The number of anilines is 2. The minimum atomic E-state index is -0.909. The third-order valence-corrected chi connectivity index (χ3v) is 6.91. The smallest absolute Gasteiger partial charge is 0.266 e. The fraction of sp³-hybridized carbons (Fsp3) is 0.200. The van der Waals surface area contributed by atoms with Gasteiger partial charge in [0.1, 0.15) is 5.92 Å². The van der Waals surface area contributed by atoms with Crippen LogP contribution in [0, 0.1) is 19.8 Å². The lowest BCUT2D eigenvalue weighted by molar-refractivity contribution is -0.126. The molecule has 3 atom stereocenters. The summed E-state index contributed by atoms with van der Waals surface area (Å²) in [5.74, 6) is -1.35. The number of fused-ring (bicyclic) bond motifs is 1. The Labute approximate surface area is 199 Å². The molecule has 3 aromatic rings. The maximum absolute atomic E-state index is 13.6. The summed E-state index contributed by atoms with van der Waals surface area (Å²) >= 11 is 9.77. The highest BCUT2D eigenvalue weighted by Gasteiger charge is 2.60. The average Bonchev–Trinajstić information content (AvgIpc) is 3.27. The Morgan fingerprint density at radius 1 is 0.906 bits per heavy atom. The van der Waals surface area contributed by atoms with Crippen LogP contribution < -0.4 is 9.96 Å². The molecule has 0 aromatic heterocycles. The van der Waals surface area contributed by atoms with Gasteiger partial charge in [-0.3, -0.25) is 14.4 Å². The second kappa shape index (κ2) is 8.03. The fourth-order valence-electron chi connectivity index (χ4n) is 4.33. The Morgan fingerprint density at radius 2 is 1.66 bits per heavy atom. The Balaban J connectivity index is 1.59. The van der Waals surface area contributed by atoms with Crippen molar-refractivity contribution in [3.63, 3.8) is 0 Å². The second-order valence-electron chi connectivity index (χ2n) is 8.16. The molecular weight excluding hydrogens is 492 g/mol. The summed E-state index contributed by atoms with van der Waals surface area (Å²) < 4.78 is 0.881. The molecule has 2 fully saturated rings. The molecule has 0 radical (unpaired) electrons. The number of amides is 2. The molecule has 2 amide bonds. The van der Waals surface area contributed by atoms with Crippen LogP contribution in [0.3, 0.4) is 0 Å². The van der Waals surface area contributed by atoms with Gasteiger partial charge in [-0.05, 0) is 55.3 Å². The highest BCUT2D eigenvalue weighted by atomic mass is 79.9. The SMILES string of the molecule is Cc1ccc([C@H]2[C@@H]3C(=O)N(c4ccc(C)c(Cl)c4)C(=O)[C@H]3ON2c2cccc(Br)c2)cc1. The van der Waals surface area contributed by atoms with Crippen molar-refractivity contribution >= 4 is 50.7 Å². The van der Waals surface area contributed by atoms with Crippen molar-refractivity contribution in [3.8, 4) is 0 Å². The van der Waals surface area contributed by atoms with E-state index in [-0.39, 0.29) is 11.8 Å². The van der Waals surface area contributed by atoms with Gasteiger partial charge in [0.2, 0.25) is 5.91 Å². The quantitative estimate of drug-likeness (QED) is 0.419. The van der Waals surface area contributed by atoms with Gasteiger partial charge >= 0.3 is 0 Å². The van der Waals surface area contributed by atoms with E-state index in [0.717, 1.165) is 26.9 Å². The van der Waals surface area contributed by atoms with E-state index in [9.17, 15) is 9.59 Å². The molecule has 2 aliphatic heterocycles. The molecule has 5 rings (SSSR count). The number of hydroxylamine groups is 1. The zero-order valence-corrected chi connectivity index (χ0v) is 19.8. The summed E-state index contributed by atoms with van der Waals surface area (Å²) in [5, 5.41) is 2.20. The Morgan fingerprint density at radius 3 is 2.34 bits per heavy atom. The van der Waals surface area contributed by atoms with E-state index in [1.165, 1.54) is 4.90 Å². The topological polar surface area (TPSA) is 49.9 Å². The number of imide groups is 1. The second-order valence-corrected chi connectivity index (χ2v) is 9.48. The van der Waals surface area contributed by atoms with E-state index in [2.05, 4.69) is 15.9 Å². The number of rotatable bonds is 3. The Bertz CT molecular complexity index is 1230. The first-order valence-corrected chi connectivity index (χ1v) is 11.4. The summed E-state index contributed by atoms with van der Waals surface area (Å²) in [7, 11) is 0. The summed E-state index contributed by atoms with van der Waals surface area (Å²) in [6.45, 7) is 3.89. The lowest BCUT2D eigenvalue weighted by Crippen LogP contribution is -2.37. The predicted molar refractivity (Wildman–Crippen MR) is 128 cm³/mol. The molecule has 0 bridgehead atoms. The molecule has 2 heterocycles. The van der Waals surface area contributed by atoms with Gasteiger partial charge in [0, 0.05) is 9.50 Å². The van der Waals surface area contributed by atoms with Crippen LogP contribution in [-0.2, 0) is 14.4 Å². The van der Waals surface area contributed by atoms with Crippen LogP contribution in [0.4, 0.5) is 11.4 Å². The Kier molecular flexibility index (Phi) is 5.32. The largest absolute Gasteiger partial charge is 0.273 e. The minimum absolute atomic E-state index is 0.289. The monoisotopic (exact) mass is 510 g/mol.